The zero-order valence-corrected chi connectivity index (χ0v) is 18.3. The van der Waals surface area contributed by atoms with Gasteiger partial charge in [-0.2, -0.15) is 5.10 Å². The maximum absolute atomic E-state index is 12.7. The molecule has 6 nitrogen and oxygen atoms in total. The molecule has 0 radical (unpaired) electrons. The van der Waals surface area contributed by atoms with Crippen LogP contribution in [0.1, 0.15) is 56.7 Å². The first-order chi connectivity index (χ1) is 15.2. The van der Waals surface area contributed by atoms with Gasteiger partial charge < -0.3 is 4.90 Å². The first kappa shape index (κ1) is 20.3. The first-order valence-electron chi connectivity index (χ1n) is 11.7. The summed E-state index contributed by atoms with van der Waals surface area (Å²) < 4.78 is 2.11. The quantitative estimate of drug-likeness (QED) is 0.614. The number of carbonyl (C=O) groups is 1. The standard InChI is InChI=1S/C25H31N5O/c1-29-11-9-22(10-12-29)30-17-20(16-27-30)23-8-7-19-15-26-21(13-24(19)28-23)14-25(31)18-5-3-2-4-6-18/h7-8,13,15-18,22H,2-6,9-12,14H2,1H3. The van der Waals surface area contributed by atoms with Gasteiger partial charge in [-0.05, 0) is 64.0 Å². The number of fused-ring (bicyclic) bond motifs is 1. The van der Waals surface area contributed by atoms with Gasteiger partial charge in [0.1, 0.15) is 5.78 Å². The molecule has 0 unspecified atom stereocenters. The first-order valence-corrected chi connectivity index (χ1v) is 11.7. The van der Waals surface area contributed by atoms with Crippen molar-refractivity contribution in [2.24, 2.45) is 5.92 Å². The number of hydrogen-bond acceptors (Lipinski definition) is 5. The number of aromatic nitrogens is 4. The van der Waals surface area contributed by atoms with Crippen LogP contribution in [0.2, 0.25) is 0 Å². The number of piperidine rings is 1. The molecule has 0 N–H and O–H groups in total. The molecule has 0 spiro atoms. The van der Waals surface area contributed by atoms with E-state index < -0.39 is 0 Å². The van der Waals surface area contributed by atoms with Gasteiger partial charge in [0.2, 0.25) is 0 Å². The van der Waals surface area contributed by atoms with Crippen molar-refractivity contribution in [1.29, 1.82) is 0 Å². The van der Waals surface area contributed by atoms with Crippen molar-refractivity contribution in [3.8, 4) is 11.3 Å². The van der Waals surface area contributed by atoms with Crippen molar-refractivity contribution >= 4 is 16.7 Å². The molecule has 0 bridgehead atoms. The highest BCUT2D eigenvalue weighted by molar-refractivity contribution is 5.85. The van der Waals surface area contributed by atoms with Crippen LogP contribution in [0.25, 0.3) is 22.2 Å². The SMILES string of the molecule is CN1CCC(n2cc(-c3ccc4cnc(CC(=O)C5CCCCC5)cc4n3)cn2)CC1. The van der Waals surface area contributed by atoms with E-state index in [1.165, 1.54) is 19.3 Å². The Morgan fingerprint density at radius 2 is 1.87 bits per heavy atom. The van der Waals surface area contributed by atoms with Crippen LogP contribution in [0.15, 0.2) is 36.8 Å². The largest absolute Gasteiger partial charge is 0.306 e. The molecule has 0 aromatic carbocycles. The zero-order chi connectivity index (χ0) is 21.2. The molecule has 162 valence electrons. The highest BCUT2D eigenvalue weighted by Gasteiger charge is 2.22. The van der Waals surface area contributed by atoms with Crippen LogP contribution in [0.5, 0.6) is 0 Å². The number of nitrogens with zero attached hydrogens (tertiary/aromatic N) is 5. The highest BCUT2D eigenvalue weighted by Crippen LogP contribution is 2.27. The highest BCUT2D eigenvalue weighted by atomic mass is 16.1. The van der Waals surface area contributed by atoms with Gasteiger partial charge in [-0.3, -0.25) is 14.5 Å². The number of likely N-dealkylation sites (tertiary alicyclic amines) is 1. The molecule has 3 aromatic heterocycles. The molecule has 4 heterocycles. The normalized spacial score (nSPS) is 19.1. The molecule has 31 heavy (non-hydrogen) atoms. The van der Waals surface area contributed by atoms with E-state index in [0.717, 1.165) is 66.6 Å². The molecule has 5 rings (SSSR count). The molecule has 2 fully saturated rings. The van der Waals surface area contributed by atoms with Crippen molar-refractivity contribution < 1.29 is 4.79 Å². The van der Waals surface area contributed by atoms with Gasteiger partial charge in [-0.25, -0.2) is 4.98 Å². The molecule has 1 aliphatic heterocycles. The van der Waals surface area contributed by atoms with Crippen LogP contribution >= 0.6 is 0 Å². The average molecular weight is 418 g/mol. The molecule has 0 atom stereocenters. The third-order valence-electron chi connectivity index (χ3n) is 7.01. The summed E-state index contributed by atoms with van der Waals surface area (Å²) >= 11 is 0. The van der Waals surface area contributed by atoms with E-state index in [-0.39, 0.29) is 5.92 Å². The fourth-order valence-electron chi connectivity index (χ4n) is 4.99. The number of hydrogen-bond donors (Lipinski definition) is 0. The van der Waals surface area contributed by atoms with Gasteiger partial charge >= 0.3 is 0 Å². The van der Waals surface area contributed by atoms with Gasteiger partial charge in [0.25, 0.3) is 0 Å². The van der Waals surface area contributed by atoms with Crippen LogP contribution < -0.4 is 0 Å². The van der Waals surface area contributed by atoms with Gasteiger partial charge in [0.05, 0.1) is 23.4 Å². The second-order valence-corrected chi connectivity index (χ2v) is 9.29. The van der Waals surface area contributed by atoms with Crippen molar-refractivity contribution in [3.63, 3.8) is 0 Å². The fraction of sp³-hybridized carbons (Fsp3) is 0.520. The summed E-state index contributed by atoms with van der Waals surface area (Å²) in [6.45, 7) is 2.23. The summed E-state index contributed by atoms with van der Waals surface area (Å²) in [6.07, 6.45) is 14.3. The van der Waals surface area contributed by atoms with Gasteiger partial charge in [-0.15, -0.1) is 0 Å². The predicted molar refractivity (Wildman–Crippen MR) is 122 cm³/mol. The summed E-state index contributed by atoms with van der Waals surface area (Å²) in [7, 11) is 2.18. The number of pyridine rings is 2. The van der Waals surface area contributed by atoms with E-state index in [9.17, 15) is 4.79 Å². The van der Waals surface area contributed by atoms with E-state index in [1.54, 1.807) is 0 Å². The molecular formula is C25H31N5O. The summed E-state index contributed by atoms with van der Waals surface area (Å²) in [6, 6.07) is 6.55. The number of rotatable bonds is 5. The molecular weight excluding hydrogens is 386 g/mol. The minimum absolute atomic E-state index is 0.218. The third kappa shape index (κ3) is 4.54. The van der Waals surface area contributed by atoms with Crippen LogP contribution in [-0.2, 0) is 11.2 Å². The zero-order valence-electron chi connectivity index (χ0n) is 18.3. The van der Waals surface area contributed by atoms with Crippen LogP contribution in [0.3, 0.4) is 0 Å². The van der Waals surface area contributed by atoms with Crippen molar-refractivity contribution in [3.05, 3.63) is 42.5 Å². The lowest BCUT2D eigenvalue weighted by Crippen LogP contribution is -2.31. The Morgan fingerprint density at radius 1 is 1.06 bits per heavy atom. The Morgan fingerprint density at radius 3 is 2.68 bits per heavy atom. The fourth-order valence-corrected chi connectivity index (χ4v) is 4.99. The van der Waals surface area contributed by atoms with Gasteiger partial charge in [0.15, 0.2) is 0 Å². The molecule has 2 aliphatic rings. The molecule has 0 amide bonds. The summed E-state index contributed by atoms with van der Waals surface area (Å²) in [4.78, 5) is 24.5. The summed E-state index contributed by atoms with van der Waals surface area (Å²) in [5, 5.41) is 5.63. The van der Waals surface area contributed by atoms with Gasteiger partial charge in [-0.1, -0.05) is 19.3 Å². The van der Waals surface area contributed by atoms with E-state index >= 15 is 0 Å². The minimum atomic E-state index is 0.218. The lowest BCUT2D eigenvalue weighted by atomic mass is 9.85. The van der Waals surface area contributed by atoms with Crippen molar-refractivity contribution in [1.82, 2.24) is 24.6 Å². The molecule has 1 saturated carbocycles. The predicted octanol–water partition coefficient (Wildman–Crippen LogP) is 4.45. The van der Waals surface area contributed by atoms with Crippen LogP contribution in [-0.4, -0.2) is 50.6 Å². The summed E-state index contributed by atoms with van der Waals surface area (Å²) in [5.41, 5.74) is 3.68. The monoisotopic (exact) mass is 417 g/mol. The smallest absolute Gasteiger partial charge is 0.141 e. The maximum Gasteiger partial charge on any atom is 0.141 e. The molecule has 1 saturated heterocycles. The minimum Gasteiger partial charge on any atom is -0.306 e. The van der Waals surface area contributed by atoms with Gasteiger partial charge in [0, 0.05) is 41.4 Å². The molecule has 1 aliphatic carbocycles. The molecule has 3 aromatic rings. The van der Waals surface area contributed by atoms with E-state index in [4.69, 9.17) is 4.98 Å². The Bertz CT molecular complexity index is 1060. The lowest BCUT2D eigenvalue weighted by molar-refractivity contribution is -0.123. The van der Waals surface area contributed by atoms with Crippen LogP contribution in [0.4, 0.5) is 0 Å². The summed E-state index contributed by atoms with van der Waals surface area (Å²) in [5.74, 6) is 0.554. The Labute approximate surface area is 183 Å². The van der Waals surface area contributed by atoms with E-state index in [2.05, 4.69) is 39.0 Å². The number of Topliss-reactive ketones (excluding diaryl/α,β-unsaturated/α-hetero) is 1. The topological polar surface area (TPSA) is 63.9 Å². The van der Waals surface area contributed by atoms with E-state index in [0.29, 0.717) is 18.2 Å². The lowest BCUT2D eigenvalue weighted by Gasteiger charge is -2.28. The Balaban J connectivity index is 1.34. The van der Waals surface area contributed by atoms with Crippen molar-refractivity contribution in [2.45, 2.75) is 57.4 Å². The Hall–Kier alpha value is -2.60. The second kappa shape index (κ2) is 8.87. The molecule has 6 heteroatoms. The van der Waals surface area contributed by atoms with Crippen molar-refractivity contribution in [2.75, 3.05) is 20.1 Å². The van der Waals surface area contributed by atoms with E-state index in [1.807, 2.05) is 24.5 Å². The maximum atomic E-state index is 12.7. The van der Waals surface area contributed by atoms with Crippen LogP contribution in [0, 0.1) is 5.92 Å². The number of carbonyl (C=O) groups excluding carboxylic acids is 1. The second-order valence-electron chi connectivity index (χ2n) is 9.29. The average Bonchev–Trinajstić information content (AvgIpc) is 3.30. The third-order valence-corrected chi connectivity index (χ3v) is 7.01. The number of ketones is 1. The Kier molecular flexibility index (Phi) is 5.81.